The van der Waals surface area contributed by atoms with Gasteiger partial charge in [-0.1, -0.05) is 24.3 Å². The van der Waals surface area contributed by atoms with Crippen LogP contribution in [0.1, 0.15) is 13.8 Å². The molecule has 2 N–H and O–H groups in total. The molecule has 0 radical (unpaired) electrons. The zero-order valence-corrected chi connectivity index (χ0v) is 22.2. The molecular formula is C24H29ClN5O6P. The Morgan fingerprint density at radius 1 is 0.865 bits per heavy atom. The smallest absolute Gasteiger partial charge is 0.456 e. The van der Waals surface area contributed by atoms with Crippen molar-refractivity contribution in [3.05, 3.63) is 61.2 Å². The lowest BCUT2D eigenvalue weighted by molar-refractivity contribution is 0.151. The maximum atomic E-state index is 13.9. The van der Waals surface area contributed by atoms with E-state index in [0.717, 1.165) is 0 Å². The van der Waals surface area contributed by atoms with Crippen molar-refractivity contribution < 1.29 is 27.8 Å². The summed E-state index contributed by atoms with van der Waals surface area (Å²) >= 11 is 0. The normalized spacial score (nSPS) is 11.1. The van der Waals surface area contributed by atoms with Crippen LogP contribution in [0.25, 0.3) is 11.2 Å². The van der Waals surface area contributed by atoms with Crippen LogP contribution in [-0.4, -0.2) is 45.7 Å². The lowest BCUT2D eigenvalue weighted by Gasteiger charge is -2.22. The fraction of sp³-hybridized carbons (Fsp3) is 0.292. The molecule has 13 heteroatoms. The Hall–Kier alpha value is -3.53. The quantitative estimate of drug-likeness (QED) is 0.180. The third kappa shape index (κ3) is 7.03. The molecule has 0 saturated heterocycles. The molecule has 2 heterocycles. The summed E-state index contributed by atoms with van der Waals surface area (Å²) in [5.41, 5.74) is 6.94. The summed E-state index contributed by atoms with van der Waals surface area (Å²) in [6, 6.07) is 13.9. The minimum atomic E-state index is -3.88. The monoisotopic (exact) mass is 549 g/mol. The molecule has 4 aromatic rings. The van der Waals surface area contributed by atoms with E-state index in [2.05, 4.69) is 15.0 Å². The van der Waals surface area contributed by atoms with E-state index in [-0.39, 0.29) is 36.9 Å². The predicted molar refractivity (Wildman–Crippen MR) is 142 cm³/mol. The molecule has 0 saturated carbocycles. The van der Waals surface area contributed by atoms with Crippen LogP contribution < -0.4 is 24.3 Å². The zero-order valence-electron chi connectivity index (χ0n) is 20.5. The average molecular weight is 550 g/mol. The molecule has 0 amide bonds. The van der Waals surface area contributed by atoms with E-state index in [1.165, 1.54) is 6.33 Å². The van der Waals surface area contributed by atoms with E-state index in [1.807, 2.05) is 13.8 Å². The van der Waals surface area contributed by atoms with Crippen LogP contribution in [0.15, 0.2) is 61.2 Å². The lowest BCUT2D eigenvalue weighted by atomic mass is 10.3. The van der Waals surface area contributed by atoms with Crippen LogP contribution in [-0.2, 0) is 15.8 Å². The van der Waals surface area contributed by atoms with Gasteiger partial charge in [0.2, 0.25) is 0 Å². The second-order valence-electron chi connectivity index (χ2n) is 7.46. The van der Waals surface area contributed by atoms with E-state index in [0.29, 0.717) is 48.2 Å². The van der Waals surface area contributed by atoms with Crippen LogP contribution in [0.5, 0.6) is 23.0 Å². The molecule has 198 valence electrons. The van der Waals surface area contributed by atoms with Gasteiger partial charge >= 0.3 is 7.60 Å². The first-order chi connectivity index (χ1) is 17.5. The number of nitrogens with zero attached hydrogens (tertiary/aromatic N) is 4. The van der Waals surface area contributed by atoms with Crippen molar-refractivity contribution in [3.8, 4) is 23.0 Å². The van der Waals surface area contributed by atoms with Crippen LogP contribution in [0.2, 0.25) is 0 Å². The SMILES string of the molecule is CCOc1ccccc1OP(=O)(COCCn1cnc2c(N)ncnc21)Oc1ccccc1OCC.Cl. The molecule has 0 fully saturated rings. The number of para-hydroxylation sites is 4. The van der Waals surface area contributed by atoms with Gasteiger partial charge in [-0.05, 0) is 38.1 Å². The number of halogens is 1. The molecule has 0 atom stereocenters. The summed E-state index contributed by atoms with van der Waals surface area (Å²) < 4.78 is 44.6. The third-order valence-corrected chi connectivity index (χ3v) is 6.38. The summed E-state index contributed by atoms with van der Waals surface area (Å²) in [5, 5.41) is 0. The first kappa shape index (κ1) is 28.0. The predicted octanol–water partition coefficient (Wildman–Crippen LogP) is 4.95. The number of nitrogen functional groups attached to an aromatic ring is 1. The molecule has 0 aliphatic rings. The molecule has 2 aromatic carbocycles. The van der Waals surface area contributed by atoms with E-state index >= 15 is 0 Å². The lowest BCUT2D eigenvalue weighted by Crippen LogP contribution is -2.12. The number of benzene rings is 2. The summed E-state index contributed by atoms with van der Waals surface area (Å²) in [5.74, 6) is 1.76. The van der Waals surface area contributed by atoms with Crippen molar-refractivity contribution in [2.75, 3.05) is 31.9 Å². The number of hydrogen-bond donors (Lipinski definition) is 1. The first-order valence-corrected chi connectivity index (χ1v) is 13.2. The largest absolute Gasteiger partial charge is 0.490 e. The molecule has 0 aliphatic heterocycles. The van der Waals surface area contributed by atoms with Crippen LogP contribution in [0, 0.1) is 0 Å². The van der Waals surface area contributed by atoms with Gasteiger partial charge in [-0.2, -0.15) is 0 Å². The van der Waals surface area contributed by atoms with Gasteiger partial charge in [-0.15, -0.1) is 12.4 Å². The minimum absolute atomic E-state index is 0. The number of rotatable bonds is 13. The molecule has 11 nitrogen and oxygen atoms in total. The highest BCUT2D eigenvalue weighted by atomic mass is 35.5. The highest BCUT2D eigenvalue weighted by Crippen LogP contribution is 2.52. The third-order valence-electron chi connectivity index (χ3n) is 4.93. The Kier molecular flexibility index (Phi) is 9.96. The fourth-order valence-electron chi connectivity index (χ4n) is 3.37. The number of ether oxygens (including phenoxy) is 3. The van der Waals surface area contributed by atoms with Crippen molar-refractivity contribution in [1.82, 2.24) is 19.5 Å². The van der Waals surface area contributed by atoms with Crippen LogP contribution in [0.4, 0.5) is 5.82 Å². The van der Waals surface area contributed by atoms with Gasteiger partial charge in [0.25, 0.3) is 0 Å². The molecule has 0 aliphatic carbocycles. The van der Waals surface area contributed by atoms with E-state index in [4.69, 9.17) is 29.0 Å². The number of fused-ring (bicyclic) bond motifs is 1. The second-order valence-corrected chi connectivity index (χ2v) is 9.30. The number of aromatic nitrogens is 4. The highest BCUT2D eigenvalue weighted by molar-refractivity contribution is 7.54. The maximum absolute atomic E-state index is 13.9. The van der Waals surface area contributed by atoms with Gasteiger partial charge in [-0.3, -0.25) is 0 Å². The fourth-order valence-corrected chi connectivity index (χ4v) is 4.77. The Balaban J connectivity index is 0.00000380. The summed E-state index contributed by atoms with van der Waals surface area (Å²) in [4.78, 5) is 12.4. The summed E-state index contributed by atoms with van der Waals surface area (Å²) in [6.45, 7) is 5.12. The van der Waals surface area contributed by atoms with Crippen molar-refractivity contribution in [3.63, 3.8) is 0 Å². The number of hydrogen-bond acceptors (Lipinski definition) is 10. The molecule has 0 bridgehead atoms. The molecule has 2 aromatic heterocycles. The molecule has 4 rings (SSSR count). The van der Waals surface area contributed by atoms with Gasteiger partial charge in [0, 0.05) is 6.54 Å². The number of imidazole rings is 1. The zero-order chi connectivity index (χ0) is 25.4. The number of nitrogens with two attached hydrogens (primary N) is 1. The van der Waals surface area contributed by atoms with Gasteiger partial charge < -0.3 is 33.6 Å². The molecule has 37 heavy (non-hydrogen) atoms. The Bertz CT molecular complexity index is 1300. The van der Waals surface area contributed by atoms with E-state index < -0.39 is 7.60 Å². The Morgan fingerprint density at radius 2 is 1.43 bits per heavy atom. The molecule has 0 spiro atoms. The molecule has 0 unspecified atom stereocenters. The minimum Gasteiger partial charge on any atom is -0.490 e. The average Bonchev–Trinajstić information content (AvgIpc) is 3.29. The van der Waals surface area contributed by atoms with Crippen molar-refractivity contribution in [2.24, 2.45) is 0 Å². The molecular weight excluding hydrogens is 521 g/mol. The summed E-state index contributed by atoms with van der Waals surface area (Å²) in [6.07, 6.45) is 2.65. The Labute approximate surface area is 220 Å². The van der Waals surface area contributed by atoms with Gasteiger partial charge in [0.15, 0.2) is 40.8 Å². The van der Waals surface area contributed by atoms with Crippen molar-refractivity contribution >= 4 is 37.0 Å². The Morgan fingerprint density at radius 3 is 2.00 bits per heavy atom. The standard InChI is InChI=1S/C24H28N5O6P.ClH/c1-3-32-18-9-5-7-11-20(18)34-36(30,35-21-12-8-6-10-19(21)33-4-2)17-31-14-13-29-16-28-22-23(25)26-15-27-24(22)29;/h5-12,15-16H,3-4,13-14,17H2,1-2H3,(H2,25,26,27);1H. The van der Waals surface area contributed by atoms with Gasteiger partial charge in [-0.25, -0.2) is 19.5 Å². The van der Waals surface area contributed by atoms with Crippen molar-refractivity contribution in [1.29, 1.82) is 0 Å². The number of anilines is 1. The van der Waals surface area contributed by atoms with Crippen LogP contribution >= 0.6 is 20.0 Å². The van der Waals surface area contributed by atoms with E-state index in [1.54, 1.807) is 59.4 Å². The summed E-state index contributed by atoms with van der Waals surface area (Å²) in [7, 11) is -3.88. The first-order valence-electron chi connectivity index (χ1n) is 11.4. The maximum Gasteiger partial charge on any atom is 0.456 e. The topological polar surface area (TPSA) is 133 Å². The van der Waals surface area contributed by atoms with Crippen LogP contribution in [0.3, 0.4) is 0 Å². The van der Waals surface area contributed by atoms with Gasteiger partial charge in [0.05, 0.1) is 26.1 Å². The highest BCUT2D eigenvalue weighted by Gasteiger charge is 2.31. The second kappa shape index (κ2) is 13.1. The van der Waals surface area contributed by atoms with Crippen molar-refractivity contribution in [2.45, 2.75) is 20.4 Å². The van der Waals surface area contributed by atoms with E-state index in [9.17, 15) is 4.57 Å². The van der Waals surface area contributed by atoms with Gasteiger partial charge in [0.1, 0.15) is 11.8 Å².